The van der Waals surface area contributed by atoms with E-state index in [1.807, 2.05) is 0 Å². The summed E-state index contributed by atoms with van der Waals surface area (Å²) in [6.07, 6.45) is -2.19. The summed E-state index contributed by atoms with van der Waals surface area (Å²) in [7, 11) is 4.33. The van der Waals surface area contributed by atoms with E-state index in [1.165, 1.54) is 39.5 Å². The third-order valence-corrected chi connectivity index (χ3v) is 3.95. The number of carbonyl (C=O) groups is 2. The molecule has 2 aromatic rings. The number of methoxy groups -OCH3 is 3. The number of nitrogens with one attached hydrogen (secondary N) is 1. The van der Waals surface area contributed by atoms with E-state index in [0.717, 1.165) is 18.2 Å². The van der Waals surface area contributed by atoms with E-state index in [9.17, 15) is 22.8 Å². The monoisotopic (exact) mass is 439 g/mol. The van der Waals surface area contributed by atoms with Crippen LogP contribution in [0.4, 0.5) is 18.9 Å². The molecule has 0 saturated carbocycles. The van der Waals surface area contributed by atoms with Gasteiger partial charge in [0.05, 0.1) is 32.6 Å². The Morgan fingerprint density at radius 1 is 1.00 bits per heavy atom. The summed E-state index contributed by atoms with van der Waals surface area (Å²) in [5.74, 6) is -0.657. The third-order valence-electron chi connectivity index (χ3n) is 3.95. The van der Waals surface area contributed by atoms with Crippen molar-refractivity contribution in [3.8, 4) is 17.2 Å². The van der Waals surface area contributed by atoms with Crippen molar-refractivity contribution in [1.82, 2.24) is 0 Å². The van der Waals surface area contributed by atoms with Crippen molar-refractivity contribution in [2.75, 3.05) is 33.3 Å². The molecule has 1 amide bonds. The van der Waals surface area contributed by atoms with Crippen molar-refractivity contribution in [1.29, 1.82) is 0 Å². The van der Waals surface area contributed by atoms with Gasteiger partial charge in [0.1, 0.15) is 0 Å². The van der Waals surface area contributed by atoms with Gasteiger partial charge in [-0.25, -0.2) is 4.79 Å². The minimum Gasteiger partial charge on any atom is -0.493 e. The second-order valence-corrected chi connectivity index (χ2v) is 5.99. The summed E-state index contributed by atoms with van der Waals surface area (Å²) in [5.41, 5.74) is -0.906. The number of carbonyl (C=O) groups excluding carboxylic acids is 2. The van der Waals surface area contributed by atoms with Gasteiger partial charge in [-0.3, -0.25) is 4.79 Å². The Morgan fingerprint density at radius 3 is 2.16 bits per heavy atom. The lowest BCUT2D eigenvalue weighted by Gasteiger charge is -2.13. The number of benzene rings is 2. The molecule has 166 valence electrons. The maximum atomic E-state index is 13.0. The maximum Gasteiger partial charge on any atom is 0.418 e. The number of ether oxygens (including phenoxy) is 4. The summed E-state index contributed by atoms with van der Waals surface area (Å²) < 4.78 is 59.3. The van der Waals surface area contributed by atoms with Gasteiger partial charge >= 0.3 is 12.1 Å². The highest BCUT2D eigenvalue weighted by Gasteiger charge is 2.33. The number of hydrogen-bond donors (Lipinski definition) is 1. The van der Waals surface area contributed by atoms with Crippen LogP contribution in [0.15, 0.2) is 42.5 Å². The number of rotatable bonds is 8. The number of halogens is 3. The fourth-order valence-corrected chi connectivity index (χ4v) is 2.57. The first kappa shape index (κ1) is 23.6. The molecule has 0 aliphatic heterocycles. The average Bonchev–Trinajstić information content (AvgIpc) is 2.74. The van der Waals surface area contributed by atoms with Crippen LogP contribution < -0.4 is 19.5 Å². The Bertz CT molecular complexity index is 947. The lowest BCUT2D eigenvalue weighted by Crippen LogP contribution is -2.22. The minimum absolute atomic E-state index is 0.373. The number of alkyl halides is 3. The van der Waals surface area contributed by atoms with Gasteiger partial charge in [-0.05, 0) is 35.9 Å². The van der Waals surface area contributed by atoms with Gasteiger partial charge in [0.15, 0.2) is 18.1 Å². The highest BCUT2D eigenvalue weighted by atomic mass is 19.4. The van der Waals surface area contributed by atoms with E-state index in [-0.39, 0.29) is 0 Å². The van der Waals surface area contributed by atoms with E-state index in [1.54, 1.807) is 12.1 Å². The quantitative estimate of drug-likeness (QED) is 0.496. The fraction of sp³-hybridized carbons (Fsp3) is 0.238. The number of hydrogen-bond acceptors (Lipinski definition) is 6. The predicted molar refractivity (Wildman–Crippen MR) is 106 cm³/mol. The van der Waals surface area contributed by atoms with Crippen LogP contribution in [0.2, 0.25) is 0 Å². The van der Waals surface area contributed by atoms with Crippen molar-refractivity contribution < 1.29 is 41.7 Å². The zero-order chi connectivity index (χ0) is 23.0. The molecule has 0 aromatic heterocycles. The summed E-state index contributed by atoms with van der Waals surface area (Å²) in [6, 6.07) is 7.66. The molecule has 2 aromatic carbocycles. The molecule has 0 aliphatic carbocycles. The van der Waals surface area contributed by atoms with Crippen LogP contribution in [0.1, 0.15) is 11.1 Å². The molecule has 10 heteroatoms. The first-order valence-electron chi connectivity index (χ1n) is 8.80. The Labute approximate surface area is 176 Å². The number of anilines is 1. The maximum absolute atomic E-state index is 13.0. The smallest absolute Gasteiger partial charge is 0.418 e. The van der Waals surface area contributed by atoms with E-state index in [0.29, 0.717) is 22.8 Å². The minimum atomic E-state index is -4.64. The first-order valence-corrected chi connectivity index (χ1v) is 8.80. The molecular weight excluding hydrogens is 419 g/mol. The molecule has 31 heavy (non-hydrogen) atoms. The second-order valence-electron chi connectivity index (χ2n) is 5.99. The largest absolute Gasteiger partial charge is 0.493 e. The average molecular weight is 439 g/mol. The van der Waals surface area contributed by atoms with Gasteiger partial charge in [-0.2, -0.15) is 13.2 Å². The zero-order valence-corrected chi connectivity index (χ0v) is 16.9. The van der Waals surface area contributed by atoms with Crippen molar-refractivity contribution >= 4 is 23.6 Å². The van der Waals surface area contributed by atoms with Crippen molar-refractivity contribution in [3.63, 3.8) is 0 Å². The first-order chi connectivity index (χ1) is 14.7. The highest BCUT2D eigenvalue weighted by molar-refractivity contribution is 5.95. The van der Waals surface area contributed by atoms with Crippen molar-refractivity contribution in [3.05, 3.63) is 53.6 Å². The zero-order valence-electron chi connectivity index (χ0n) is 16.9. The molecule has 0 saturated heterocycles. The molecule has 0 unspecified atom stereocenters. The van der Waals surface area contributed by atoms with Crippen LogP contribution in [0.3, 0.4) is 0 Å². The van der Waals surface area contributed by atoms with Gasteiger partial charge in [0, 0.05) is 6.08 Å². The molecule has 0 spiro atoms. The summed E-state index contributed by atoms with van der Waals surface area (Å²) in [4.78, 5) is 23.8. The number of esters is 1. The van der Waals surface area contributed by atoms with Gasteiger partial charge in [0.2, 0.25) is 5.75 Å². The standard InChI is InChI=1S/C21H20F3NO6/c1-28-16-10-13(11-17(29-2)20(16)30-3)8-9-19(27)31-12-18(26)25-15-7-5-4-6-14(15)21(22,23)24/h4-11H,12H2,1-3H3,(H,25,26). The summed E-state index contributed by atoms with van der Waals surface area (Å²) in [5, 5.41) is 2.08. The van der Waals surface area contributed by atoms with E-state index in [4.69, 9.17) is 18.9 Å². The van der Waals surface area contributed by atoms with Crippen LogP contribution in [0.25, 0.3) is 6.08 Å². The lowest BCUT2D eigenvalue weighted by atomic mass is 10.1. The molecule has 0 radical (unpaired) electrons. The van der Waals surface area contributed by atoms with Gasteiger partial charge in [-0.15, -0.1) is 0 Å². The molecule has 0 bridgehead atoms. The predicted octanol–water partition coefficient (Wildman–Crippen LogP) is 3.93. The second kappa shape index (κ2) is 10.4. The molecule has 0 aliphatic rings. The van der Waals surface area contributed by atoms with Crippen LogP contribution >= 0.6 is 0 Å². The fourth-order valence-electron chi connectivity index (χ4n) is 2.57. The van der Waals surface area contributed by atoms with Gasteiger partial charge < -0.3 is 24.3 Å². The highest BCUT2D eigenvalue weighted by Crippen LogP contribution is 2.38. The Balaban J connectivity index is 2.00. The Hall–Kier alpha value is -3.69. The van der Waals surface area contributed by atoms with Crippen molar-refractivity contribution in [2.24, 2.45) is 0 Å². The molecule has 1 N–H and O–H groups in total. The molecule has 2 rings (SSSR count). The summed E-state index contributed by atoms with van der Waals surface area (Å²) in [6.45, 7) is -0.759. The van der Waals surface area contributed by atoms with E-state index in [2.05, 4.69) is 5.32 Å². The lowest BCUT2D eigenvalue weighted by molar-refractivity contribution is -0.142. The number of amides is 1. The molecule has 0 heterocycles. The van der Waals surface area contributed by atoms with Gasteiger partial charge in [-0.1, -0.05) is 12.1 Å². The Morgan fingerprint density at radius 2 is 1.61 bits per heavy atom. The molecule has 0 fully saturated rings. The van der Waals surface area contributed by atoms with Crippen LogP contribution in [0.5, 0.6) is 17.2 Å². The third kappa shape index (κ3) is 6.39. The topological polar surface area (TPSA) is 83.1 Å². The van der Waals surface area contributed by atoms with Crippen molar-refractivity contribution in [2.45, 2.75) is 6.18 Å². The van der Waals surface area contributed by atoms with Crippen LogP contribution in [0, 0.1) is 0 Å². The number of para-hydroxylation sites is 1. The molecule has 7 nitrogen and oxygen atoms in total. The van der Waals surface area contributed by atoms with E-state index >= 15 is 0 Å². The Kier molecular flexibility index (Phi) is 7.89. The summed E-state index contributed by atoms with van der Waals surface area (Å²) >= 11 is 0. The van der Waals surface area contributed by atoms with E-state index < -0.39 is 35.9 Å². The molecule has 0 atom stereocenters. The van der Waals surface area contributed by atoms with Crippen LogP contribution in [-0.4, -0.2) is 39.8 Å². The van der Waals surface area contributed by atoms with Crippen LogP contribution in [-0.2, 0) is 20.5 Å². The molecular formula is C21H20F3NO6. The SMILES string of the molecule is COc1cc(C=CC(=O)OCC(=O)Nc2ccccc2C(F)(F)F)cc(OC)c1OC. The normalized spacial score (nSPS) is 11.2. The van der Waals surface area contributed by atoms with Gasteiger partial charge in [0.25, 0.3) is 5.91 Å².